The van der Waals surface area contributed by atoms with Gasteiger partial charge in [0, 0.05) is 0 Å². The van der Waals surface area contributed by atoms with E-state index >= 15 is 0 Å². The molecule has 3 heteroatoms. The van der Waals surface area contributed by atoms with Gasteiger partial charge in [-0.1, -0.05) is 31.1 Å². The molecule has 0 saturated carbocycles. The summed E-state index contributed by atoms with van der Waals surface area (Å²) in [4.78, 5) is 4.56. The van der Waals surface area contributed by atoms with E-state index in [0.717, 1.165) is 29.8 Å². The maximum absolute atomic E-state index is 11.5. The summed E-state index contributed by atoms with van der Waals surface area (Å²) in [5.74, 6) is 0. The van der Waals surface area contributed by atoms with Crippen molar-refractivity contribution in [1.82, 2.24) is 4.98 Å². The number of rotatable bonds is 5. The summed E-state index contributed by atoms with van der Waals surface area (Å²) in [5.41, 5.74) is 2.76. The van der Waals surface area contributed by atoms with E-state index in [1.165, 1.54) is 0 Å². The van der Waals surface area contributed by atoms with Crippen molar-refractivity contribution in [3.05, 3.63) is 36.2 Å². The Labute approximate surface area is 99.0 Å². The van der Waals surface area contributed by atoms with Crippen LogP contribution in [0.2, 0.25) is 0 Å². The molecule has 0 aliphatic heterocycles. The second-order valence-corrected chi connectivity index (χ2v) is 5.24. The summed E-state index contributed by atoms with van der Waals surface area (Å²) < 4.78 is 11.5. The number of allylic oxidation sites excluding steroid dienone is 1. The molecule has 16 heavy (non-hydrogen) atoms. The Morgan fingerprint density at radius 3 is 2.50 bits per heavy atom. The molecule has 0 radical (unpaired) electrons. The van der Waals surface area contributed by atoms with Gasteiger partial charge in [-0.2, -0.15) is 0 Å². The predicted molar refractivity (Wildman–Crippen MR) is 70.2 cm³/mol. The van der Waals surface area contributed by atoms with Crippen LogP contribution in [0.25, 0.3) is 5.57 Å². The molecule has 0 spiro atoms. The molecule has 1 aromatic rings. The van der Waals surface area contributed by atoms with Crippen molar-refractivity contribution >= 4 is 14.0 Å². The van der Waals surface area contributed by atoms with Crippen LogP contribution >= 0.6 is 8.46 Å². The van der Waals surface area contributed by atoms with Crippen LogP contribution in [0.1, 0.15) is 45.0 Å². The van der Waals surface area contributed by atoms with Crippen LogP contribution in [0, 0.1) is 0 Å². The van der Waals surface area contributed by atoms with Crippen molar-refractivity contribution in [3.63, 3.8) is 0 Å². The van der Waals surface area contributed by atoms with Gasteiger partial charge in [0.05, 0.1) is 11.4 Å². The molecule has 0 fully saturated rings. The molecule has 1 rings (SSSR count). The van der Waals surface area contributed by atoms with Crippen molar-refractivity contribution in [2.75, 3.05) is 0 Å². The lowest BCUT2D eigenvalue weighted by Gasteiger charge is -2.17. The minimum absolute atomic E-state index is 0.286. The first kappa shape index (κ1) is 13.1. The molecule has 1 atom stereocenters. The van der Waals surface area contributed by atoms with E-state index < -0.39 is 0 Å². The number of hydrogen-bond acceptors (Lipinski definition) is 2. The fraction of sp³-hybridized carbons (Fsp3) is 0.462. The number of hydrogen-bond donors (Lipinski definition) is 0. The molecular formula is C13H19NOP+. The Hall–Kier alpha value is -1.01. The Balaban J connectivity index is 3.25. The van der Waals surface area contributed by atoms with Crippen molar-refractivity contribution in [2.24, 2.45) is 0 Å². The average Bonchev–Trinajstić information content (AvgIpc) is 2.32. The highest BCUT2D eigenvalue weighted by Gasteiger charge is 2.38. The van der Waals surface area contributed by atoms with Gasteiger partial charge in [-0.25, -0.2) is 4.98 Å². The highest BCUT2D eigenvalue weighted by molar-refractivity contribution is 7.25. The average molecular weight is 236 g/mol. The molecule has 0 saturated heterocycles. The summed E-state index contributed by atoms with van der Waals surface area (Å²) in [6.07, 6.45) is 1.69. The van der Waals surface area contributed by atoms with Gasteiger partial charge in [-0.3, -0.25) is 0 Å². The SMILES string of the molecule is C=C(C)c1cccc(C(CC)(CC)[PH+]=O)n1. The lowest BCUT2D eigenvalue weighted by molar-refractivity contribution is 0.512. The van der Waals surface area contributed by atoms with Crippen molar-refractivity contribution in [2.45, 2.75) is 38.8 Å². The van der Waals surface area contributed by atoms with E-state index in [4.69, 9.17) is 0 Å². The van der Waals surface area contributed by atoms with E-state index in [1.54, 1.807) is 0 Å². The largest absolute Gasteiger partial charge is 0.337 e. The molecule has 0 aromatic carbocycles. The molecule has 0 aliphatic rings. The second-order valence-electron chi connectivity index (χ2n) is 4.08. The molecule has 1 aromatic heterocycles. The predicted octanol–water partition coefficient (Wildman–Crippen LogP) is 4.15. The molecule has 1 heterocycles. The molecule has 0 aliphatic carbocycles. The Morgan fingerprint density at radius 1 is 1.44 bits per heavy atom. The smallest absolute Gasteiger partial charge is 0.248 e. The van der Waals surface area contributed by atoms with Crippen molar-refractivity contribution < 1.29 is 4.57 Å². The lowest BCUT2D eigenvalue weighted by Crippen LogP contribution is -2.18. The van der Waals surface area contributed by atoms with Gasteiger partial charge in [0.2, 0.25) is 5.16 Å². The van der Waals surface area contributed by atoms with Crippen molar-refractivity contribution in [1.29, 1.82) is 0 Å². The van der Waals surface area contributed by atoms with Gasteiger partial charge in [0.25, 0.3) is 0 Å². The third kappa shape index (κ3) is 2.38. The highest BCUT2D eigenvalue weighted by Crippen LogP contribution is 2.40. The maximum atomic E-state index is 11.5. The first-order valence-electron chi connectivity index (χ1n) is 5.62. The van der Waals surface area contributed by atoms with Gasteiger partial charge < -0.3 is 0 Å². The molecule has 86 valence electrons. The Morgan fingerprint density at radius 2 is 2.06 bits per heavy atom. The molecule has 0 N–H and O–H groups in total. The zero-order chi connectivity index (χ0) is 12.2. The number of nitrogens with zero attached hydrogens (tertiary/aromatic N) is 1. The van der Waals surface area contributed by atoms with Gasteiger partial charge >= 0.3 is 8.46 Å². The number of pyridine rings is 1. The topological polar surface area (TPSA) is 30.0 Å². The Kier molecular flexibility index (Phi) is 4.37. The van der Waals surface area contributed by atoms with E-state index in [2.05, 4.69) is 25.4 Å². The van der Waals surface area contributed by atoms with E-state index in [-0.39, 0.29) is 13.6 Å². The lowest BCUT2D eigenvalue weighted by atomic mass is 9.97. The monoisotopic (exact) mass is 236 g/mol. The minimum atomic E-state index is -0.356. The van der Waals surface area contributed by atoms with Gasteiger partial charge in [-0.15, -0.1) is 0 Å². The van der Waals surface area contributed by atoms with Crippen LogP contribution in [0.15, 0.2) is 24.8 Å². The maximum Gasteiger partial charge on any atom is 0.337 e. The van der Waals surface area contributed by atoms with E-state index in [1.807, 2.05) is 25.1 Å². The van der Waals surface area contributed by atoms with E-state index in [0.29, 0.717) is 0 Å². The van der Waals surface area contributed by atoms with Gasteiger partial charge in [0.1, 0.15) is 0 Å². The minimum Gasteiger partial charge on any atom is -0.248 e. The molecule has 2 nitrogen and oxygen atoms in total. The van der Waals surface area contributed by atoms with Gasteiger partial charge in [-0.05, 0) is 37.5 Å². The normalized spacial score (nSPS) is 11.7. The summed E-state index contributed by atoms with van der Waals surface area (Å²) >= 11 is 0. The third-order valence-electron chi connectivity index (χ3n) is 3.08. The zero-order valence-electron chi connectivity index (χ0n) is 10.2. The van der Waals surface area contributed by atoms with Crippen LogP contribution in [0.5, 0.6) is 0 Å². The summed E-state index contributed by atoms with van der Waals surface area (Å²) in [7, 11) is -0.356. The molecule has 0 amide bonds. The fourth-order valence-electron chi connectivity index (χ4n) is 1.75. The van der Waals surface area contributed by atoms with Crippen LogP contribution in [-0.4, -0.2) is 4.98 Å². The molecule has 0 bridgehead atoms. The molecular weight excluding hydrogens is 217 g/mol. The quantitative estimate of drug-likeness (QED) is 0.719. The zero-order valence-corrected chi connectivity index (χ0v) is 11.2. The van der Waals surface area contributed by atoms with Crippen LogP contribution in [-0.2, 0) is 9.72 Å². The van der Waals surface area contributed by atoms with E-state index in [9.17, 15) is 4.57 Å². The summed E-state index contributed by atoms with van der Waals surface area (Å²) in [5, 5.41) is -0.286. The standard InChI is InChI=1S/C13H18NOP/c1-5-13(6-2,16-15)12-9-7-8-11(14-12)10(3)4/h7-9H,3,5-6H2,1-2,4H3/p+1. The molecule has 1 unspecified atom stereocenters. The van der Waals surface area contributed by atoms with Crippen LogP contribution in [0.4, 0.5) is 0 Å². The number of aromatic nitrogens is 1. The van der Waals surface area contributed by atoms with Crippen LogP contribution < -0.4 is 0 Å². The first-order chi connectivity index (χ1) is 7.59. The summed E-state index contributed by atoms with van der Waals surface area (Å²) in [6, 6.07) is 5.87. The van der Waals surface area contributed by atoms with Crippen LogP contribution in [0.3, 0.4) is 0 Å². The van der Waals surface area contributed by atoms with Crippen molar-refractivity contribution in [3.8, 4) is 0 Å². The van der Waals surface area contributed by atoms with Gasteiger partial charge in [0.15, 0.2) is 0 Å². The highest BCUT2D eigenvalue weighted by atomic mass is 31.1. The first-order valence-corrected chi connectivity index (χ1v) is 6.53. The fourth-order valence-corrected chi connectivity index (χ4v) is 2.28. The Bertz CT molecular complexity index is 397. The second kappa shape index (κ2) is 5.36. The summed E-state index contributed by atoms with van der Waals surface area (Å²) in [6.45, 7) is 9.94. The third-order valence-corrected chi connectivity index (χ3v) is 4.43.